The quantitative estimate of drug-likeness (QED) is 0.838. The summed E-state index contributed by atoms with van der Waals surface area (Å²) in [5, 5.41) is 0. The molecule has 1 heterocycles. The number of morpholine rings is 1. The summed E-state index contributed by atoms with van der Waals surface area (Å²) in [6, 6.07) is 13.8. The lowest BCUT2D eigenvalue weighted by atomic mass is 10.1. The maximum atomic E-state index is 13.5. The van der Waals surface area contributed by atoms with Crippen LogP contribution in [0.5, 0.6) is 0 Å². The van der Waals surface area contributed by atoms with E-state index in [9.17, 15) is 12.8 Å². The number of rotatable bonds is 4. The second-order valence-corrected chi connectivity index (χ2v) is 8.43. The van der Waals surface area contributed by atoms with Crippen molar-refractivity contribution in [1.29, 1.82) is 0 Å². The first-order valence-corrected chi connectivity index (χ1v) is 9.76. The molecule has 0 amide bonds. The monoisotopic (exact) mass is 363 g/mol. The van der Waals surface area contributed by atoms with Crippen molar-refractivity contribution in [3.05, 3.63) is 65.5 Å². The second-order valence-electron chi connectivity index (χ2n) is 6.49. The van der Waals surface area contributed by atoms with E-state index in [1.165, 1.54) is 22.5 Å². The lowest BCUT2D eigenvalue weighted by Gasteiger charge is -2.36. The minimum absolute atomic E-state index is 0.124. The zero-order chi connectivity index (χ0) is 18.0. The van der Waals surface area contributed by atoms with E-state index in [1.807, 2.05) is 37.3 Å². The Balaban J connectivity index is 1.81. The van der Waals surface area contributed by atoms with E-state index >= 15 is 0 Å². The van der Waals surface area contributed by atoms with Crippen molar-refractivity contribution in [2.24, 2.45) is 0 Å². The molecule has 1 aliphatic heterocycles. The predicted molar refractivity (Wildman–Crippen MR) is 94.4 cm³/mol. The maximum Gasteiger partial charge on any atom is 0.243 e. The van der Waals surface area contributed by atoms with Crippen LogP contribution in [-0.4, -0.2) is 38.0 Å². The molecule has 0 bridgehead atoms. The molecule has 4 nitrogen and oxygen atoms in total. The van der Waals surface area contributed by atoms with Gasteiger partial charge in [0.1, 0.15) is 5.82 Å². The molecule has 1 fully saturated rings. The molecule has 2 atom stereocenters. The first-order valence-electron chi connectivity index (χ1n) is 8.32. The van der Waals surface area contributed by atoms with E-state index in [4.69, 9.17) is 4.74 Å². The molecule has 3 rings (SSSR count). The fourth-order valence-corrected chi connectivity index (χ4v) is 4.75. The van der Waals surface area contributed by atoms with Crippen LogP contribution in [0.1, 0.15) is 18.1 Å². The van der Waals surface area contributed by atoms with E-state index in [2.05, 4.69) is 0 Å². The number of benzene rings is 2. The zero-order valence-electron chi connectivity index (χ0n) is 14.4. The molecule has 0 N–H and O–H groups in total. The van der Waals surface area contributed by atoms with E-state index in [0.29, 0.717) is 18.5 Å². The largest absolute Gasteiger partial charge is 0.372 e. The van der Waals surface area contributed by atoms with Crippen molar-refractivity contribution in [3.63, 3.8) is 0 Å². The fourth-order valence-electron chi connectivity index (χ4n) is 3.12. The third-order valence-electron chi connectivity index (χ3n) is 4.37. The van der Waals surface area contributed by atoms with Gasteiger partial charge in [0.05, 0.1) is 17.1 Å². The molecule has 0 aromatic heterocycles. The molecule has 1 aliphatic rings. The Bertz CT molecular complexity index is 839. The minimum atomic E-state index is -3.67. The molecule has 134 valence electrons. The summed E-state index contributed by atoms with van der Waals surface area (Å²) in [7, 11) is -3.67. The van der Waals surface area contributed by atoms with Gasteiger partial charge in [-0.05, 0) is 49.6 Å². The average molecular weight is 363 g/mol. The summed E-state index contributed by atoms with van der Waals surface area (Å²) in [6.45, 7) is 4.02. The average Bonchev–Trinajstić information content (AvgIpc) is 2.57. The molecule has 2 aromatic carbocycles. The first kappa shape index (κ1) is 18.0. The molecular weight excluding hydrogens is 341 g/mol. The molecule has 6 heteroatoms. The fraction of sp³-hybridized carbons (Fsp3) is 0.368. The highest BCUT2D eigenvalue weighted by molar-refractivity contribution is 7.89. The highest BCUT2D eigenvalue weighted by atomic mass is 32.2. The van der Waals surface area contributed by atoms with Crippen LogP contribution in [0.2, 0.25) is 0 Å². The number of sulfonamides is 1. The van der Waals surface area contributed by atoms with Gasteiger partial charge >= 0.3 is 0 Å². The summed E-state index contributed by atoms with van der Waals surface area (Å²) < 4.78 is 46.7. The van der Waals surface area contributed by atoms with Crippen molar-refractivity contribution >= 4 is 10.0 Å². The summed E-state index contributed by atoms with van der Waals surface area (Å²) in [4.78, 5) is 0.124. The predicted octanol–water partition coefficient (Wildman–Crippen LogP) is 3.15. The highest BCUT2D eigenvalue weighted by Gasteiger charge is 2.34. The normalized spacial score (nSPS) is 22.0. The SMILES string of the molecule is Cc1cc(S(=O)(=O)N2CC(C)OC(Cc3ccccc3)C2)ccc1F. The molecule has 0 saturated carbocycles. The number of ether oxygens (including phenoxy) is 1. The topological polar surface area (TPSA) is 46.6 Å². The van der Waals surface area contributed by atoms with Gasteiger partial charge in [-0.1, -0.05) is 30.3 Å². The van der Waals surface area contributed by atoms with Crippen molar-refractivity contribution < 1.29 is 17.5 Å². The summed E-state index contributed by atoms with van der Waals surface area (Å²) in [5.41, 5.74) is 1.43. The van der Waals surface area contributed by atoms with E-state index in [-0.39, 0.29) is 23.6 Å². The Hall–Kier alpha value is -1.76. The smallest absolute Gasteiger partial charge is 0.243 e. The van der Waals surface area contributed by atoms with Gasteiger partial charge in [0.15, 0.2) is 0 Å². The van der Waals surface area contributed by atoms with E-state index in [0.717, 1.165) is 5.56 Å². The second kappa shape index (κ2) is 7.23. The maximum absolute atomic E-state index is 13.5. The number of halogens is 1. The molecule has 0 aliphatic carbocycles. The Morgan fingerprint density at radius 3 is 2.56 bits per heavy atom. The Kier molecular flexibility index (Phi) is 5.22. The van der Waals surface area contributed by atoms with Gasteiger partial charge in [-0.2, -0.15) is 4.31 Å². The third kappa shape index (κ3) is 4.08. The Morgan fingerprint density at radius 2 is 1.88 bits per heavy atom. The van der Waals surface area contributed by atoms with Crippen molar-refractivity contribution in [1.82, 2.24) is 4.31 Å². The number of hydrogen-bond acceptors (Lipinski definition) is 3. The molecule has 0 radical (unpaired) electrons. The molecule has 0 spiro atoms. The zero-order valence-corrected chi connectivity index (χ0v) is 15.2. The van der Waals surface area contributed by atoms with Gasteiger partial charge < -0.3 is 4.74 Å². The van der Waals surface area contributed by atoms with Crippen LogP contribution in [0.25, 0.3) is 0 Å². The summed E-state index contributed by atoms with van der Waals surface area (Å²) in [6.07, 6.45) is 0.251. The van der Waals surface area contributed by atoms with Crippen molar-refractivity contribution in [3.8, 4) is 0 Å². The van der Waals surface area contributed by atoms with Crippen LogP contribution in [0.4, 0.5) is 4.39 Å². The van der Waals surface area contributed by atoms with Gasteiger partial charge in [0.25, 0.3) is 0 Å². The molecule has 2 aromatic rings. The van der Waals surface area contributed by atoms with Crippen LogP contribution < -0.4 is 0 Å². The molecule has 25 heavy (non-hydrogen) atoms. The summed E-state index contributed by atoms with van der Waals surface area (Å²) in [5.74, 6) is -0.406. The van der Waals surface area contributed by atoms with Gasteiger partial charge in [-0.3, -0.25) is 0 Å². The van der Waals surface area contributed by atoms with Crippen LogP contribution in [0.15, 0.2) is 53.4 Å². The minimum Gasteiger partial charge on any atom is -0.372 e. The first-order chi connectivity index (χ1) is 11.9. The van der Waals surface area contributed by atoms with Gasteiger partial charge in [-0.25, -0.2) is 12.8 Å². The van der Waals surface area contributed by atoms with Crippen LogP contribution in [-0.2, 0) is 21.2 Å². The standard InChI is InChI=1S/C19H22FNO3S/c1-14-10-18(8-9-19(14)20)25(22,23)21-12-15(2)24-17(13-21)11-16-6-4-3-5-7-16/h3-10,15,17H,11-13H2,1-2H3. The molecule has 2 unspecified atom stereocenters. The van der Waals surface area contributed by atoms with Crippen LogP contribution in [0.3, 0.4) is 0 Å². The number of hydrogen-bond donors (Lipinski definition) is 0. The molecule has 1 saturated heterocycles. The van der Waals surface area contributed by atoms with Gasteiger partial charge in [-0.15, -0.1) is 0 Å². The highest BCUT2D eigenvalue weighted by Crippen LogP contribution is 2.24. The lowest BCUT2D eigenvalue weighted by molar-refractivity contribution is -0.0529. The van der Waals surface area contributed by atoms with Gasteiger partial charge in [0, 0.05) is 13.1 Å². The lowest BCUT2D eigenvalue weighted by Crippen LogP contribution is -2.49. The Morgan fingerprint density at radius 1 is 1.16 bits per heavy atom. The van der Waals surface area contributed by atoms with Crippen molar-refractivity contribution in [2.45, 2.75) is 37.4 Å². The molecular formula is C19H22FNO3S. The van der Waals surface area contributed by atoms with Crippen LogP contribution in [0, 0.1) is 12.7 Å². The third-order valence-corrected chi connectivity index (χ3v) is 6.19. The number of aryl methyl sites for hydroxylation is 1. The van der Waals surface area contributed by atoms with E-state index in [1.54, 1.807) is 6.92 Å². The number of nitrogens with zero attached hydrogens (tertiary/aromatic N) is 1. The Labute approximate surface area is 148 Å². The van der Waals surface area contributed by atoms with Crippen molar-refractivity contribution in [2.75, 3.05) is 13.1 Å². The van der Waals surface area contributed by atoms with Crippen LogP contribution >= 0.6 is 0 Å². The summed E-state index contributed by atoms with van der Waals surface area (Å²) >= 11 is 0. The van der Waals surface area contributed by atoms with Gasteiger partial charge in [0.2, 0.25) is 10.0 Å². The van der Waals surface area contributed by atoms with E-state index < -0.39 is 15.8 Å².